The molecule has 1 aromatic rings. The number of aliphatic imine (C=N–C) groups is 1. The molecule has 1 nitrogen and oxygen atoms in total. The van der Waals surface area contributed by atoms with Gasteiger partial charge in [0.05, 0.1) is 0 Å². The molecule has 0 bridgehead atoms. The maximum absolute atomic E-state index is 4.35. The van der Waals surface area contributed by atoms with Gasteiger partial charge in [-0.15, -0.1) is 12.6 Å². The Bertz CT molecular complexity index is 279. The molecule has 0 N–H and O–H groups in total. The van der Waals surface area contributed by atoms with Gasteiger partial charge in [-0.1, -0.05) is 18.2 Å². The van der Waals surface area contributed by atoms with Crippen molar-refractivity contribution >= 4 is 18.8 Å². The van der Waals surface area contributed by atoms with Crippen LogP contribution in [-0.2, 0) is 0 Å². The molecule has 0 amide bonds. The van der Waals surface area contributed by atoms with E-state index in [4.69, 9.17) is 0 Å². The molecule has 0 aliphatic carbocycles. The number of hydrogen-bond donors (Lipinski definition) is 1. The van der Waals surface area contributed by atoms with Gasteiger partial charge in [-0.05, 0) is 12.5 Å². The standard InChI is InChI=1S/C9H11NS/c1-7-4-3-5-8(6-10-2)9(7)11/h3-6,11H,1-2H3. The summed E-state index contributed by atoms with van der Waals surface area (Å²) in [6, 6.07) is 6.05. The van der Waals surface area contributed by atoms with Crippen LogP contribution in [0.4, 0.5) is 0 Å². The number of hydrogen-bond acceptors (Lipinski definition) is 2. The average molecular weight is 165 g/mol. The summed E-state index contributed by atoms with van der Waals surface area (Å²) in [4.78, 5) is 4.95. The van der Waals surface area contributed by atoms with Gasteiger partial charge in [-0.3, -0.25) is 4.99 Å². The molecule has 0 fully saturated rings. The summed E-state index contributed by atoms with van der Waals surface area (Å²) >= 11 is 4.35. The zero-order valence-corrected chi connectivity index (χ0v) is 7.60. The van der Waals surface area contributed by atoms with E-state index in [0.717, 1.165) is 10.5 Å². The van der Waals surface area contributed by atoms with Crippen molar-refractivity contribution in [3.05, 3.63) is 29.3 Å². The summed E-state index contributed by atoms with van der Waals surface area (Å²) in [6.07, 6.45) is 1.81. The molecule has 1 aromatic carbocycles. The predicted octanol–water partition coefficient (Wildman–Crippen LogP) is 2.33. The van der Waals surface area contributed by atoms with Gasteiger partial charge in [0, 0.05) is 23.7 Å². The summed E-state index contributed by atoms with van der Waals surface area (Å²) in [7, 11) is 1.76. The van der Waals surface area contributed by atoms with E-state index in [0.29, 0.717) is 0 Å². The lowest BCUT2D eigenvalue weighted by molar-refractivity contribution is 1.29. The lowest BCUT2D eigenvalue weighted by Gasteiger charge is -2.00. The minimum Gasteiger partial charge on any atom is -0.296 e. The molecule has 1 rings (SSSR count). The first-order chi connectivity index (χ1) is 5.25. The molecule has 0 saturated carbocycles. The molecule has 0 radical (unpaired) electrons. The molecule has 0 spiro atoms. The van der Waals surface area contributed by atoms with Crippen LogP contribution >= 0.6 is 12.6 Å². The van der Waals surface area contributed by atoms with Crippen LogP contribution in [0, 0.1) is 6.92 Å². The van der Waals surface area contributed by atoms with Crippen LogP contribution in [-0.4, -0.2) is 13.3 Å². The van der Waals surface area contributed by atoms with Gasteiger partial charge in [0.15, 0.2) is 0 Å². The Morgan fingerprint density at radius 1 is 1.45 bits per heavy atom. The Hall–Kier alpha value is -0.760. The Kier molecular flexibility index (Phi) is 2.71. The molecule has 0 saturated heterocycles. The maximum Gasteiger partial charge on any atom is 0.0292 e. The van der Waals surface area contributed by atoms with Crippen LogP contribution in [0.5, 0.6) is 0 Å². The summed E-state index contributed by atoms with van der Waals surface area (Å²) in [5.74, 6) is 0. The molecular weight excluding hydrogens is 154 g/mol. The van der Waals surface area contributed by atoms with Gasteiger partial charge >= 0.3 is 0 Å². The summed E-state index contributed by atoms with van der Waals surface area (Å²) in [5.41, 5.74) is 2.27. The van der Waals surface area contributed by atoms with Crippen molar-refractivity contribution in [2.45, 2.75) is 11.8 Å². The molecule has 0 unspecified atom stereocenters. The predicted molar refractivity (Wildman–Crippen MR) is 51.9 cm³/mol. The summed E-state index contributed by atoms with van der Waals surface area (Å²) in [6.45, 7) is 2.04. The van der Waals surface area contributed by atoms with Crippen LogP contribution in [0.25, 0.3) is 0 Å². The van der Waals surface area contributed by atoms with Crippen molar-refractivity contribution in [2.75, 3.05) is 7.05 Å². The van der Waals surface area contributed by atoms with Gasteiger partial charge in [0.1, 0.15) is 0 Å². The Morgan fingerprint density at radius 2 is 2.18 bits per heavy atom. The molecule has 2 heteroatoms. The highest BCUT2D eigenvalue weighted by molar-refractivity contribution is 7.80. The van der Waals surface area contributed by atoms with Crippen molar-refractivity contribution in [3.63, 3.8) is 0 Å². The largest absolute Gasteiger partial charge is 0.296 e. The first kappa shape index (κ1) is 8.34. The number of benzene rings is 1. The van der Waals surface area contributed by atoms with Crippen molar-refractivity contribution < 1.29 is 0 Å². The van der Waals surface area contributed by atoms with E-state index in [1.165, 1.54) is 5.56 Å². The molecule has 0 aliphatic rings. The van der Waals surface area contributed by atoms with Crippen molar-refractivity contribution in [1.82, 2.24) is 0 Å². The quantitative estimate of drug-likeness (QED) is 0.484. The van der Waals surface area contributed by atoms with E-state index in [2.05, 4.69) is 17.6 Å². The highest BCUT2D eigenvalue weighted by Gasteiger charge is 1.96. The van der Waals surface area contributed by atoms with Gasteiger partial charge in [0.25, 0.3) is 0 Å². The van der Waals surface area contributed by atoms with E-state index in [-0.39, 0.29) is 0 Å². The SMILES string of the molecule is CN=Cc1cccc(C)c1S. The maximum atomic E-state index is 4.35. The number of thiol groups is 1. The highest BCUT2D eigenvalue weighted by Crippen LogP contribution is 2.16. The van der Waals surface area contributed by atoms with E-state index in [9.17, 15) is 0 Å². The molecule has 0 aliphatic heterocycles. The fourth-order valence-corrected chi connectivity index (χ4v) is 1.13. The highest BCUT2D eigenvalue weighted by atomic mass is 32.1. The Morgan fingerprint density at radius 3 is 2.82 bits per heavy atom. The first-order valence-electron chi connectivity index (χ1n) is 3.46. The normalized spacial score (nSPS) is 10.8. The van der Waals surface area contributed by atoms with E-state index < -0.39 is 0 Å². The fraction of sp³-hybridized carbons (Fsp3) is 0.222. The number of rotatable bonds is 1. The Balaban J connectivity index is 3.16. The third-order valence-corrected chi connectivity index (χ3v) is 2.15. The van der Waals surface area contributed by atoms with E-state index in [1.807, 2.05) is 31.3 Å². The van der Waals surface area contributed by atoms with Crippen LogP contribution in [0.2, 0.25) is 0 Å². The first-order valence-corrected chi connectivity index (χ1v) is 3.91. The van der Waals surface area contributed by atoms with Crippen LogP contribution in [0.15, 0.2) is 28.1 Å². The third kappa shape index (κ3) is 1.84. The van der Waals surface area contributed by atoms with E-state index in [1.54, 1.807) is 7.05 Å². The van der Waals surface area contributed by atoms with Crippen molar-refractivity contribution in [3.8, 4) is 0 Å². The van der Waals surface area contributed by atoms with Crippen LogP contribution in [0.3, 0.4) is 0 Å². The monoisotopic (exact) mass is 165 g/mol. The number of aryl methyl sites for hydroxylation is 1. The summed E-state index contributed by atoms with van der Waals surface area (Å²) in [5, 5.41) is 0. The fourth-order valence-electron chi connectivity index (χ4n) is 0.925. The molecule has 0 aromatic heterocycles. The Labute approximate surface area is 72.6 Å². The minimum atomic E-state index is 1.01. The van der Waals surface area contributed by atoms with Crippen LogP contribution in [0.1, 0.15) is 11.1 Å². The smallest absolute Gasteiger partial charge is 0.0292 e. The second-order valence-corrected chi connectivity index (χ2v) is 2.85. The average Bonchev–Trinajstić information content (AvgIpc) is 1.99. The molecule has 0 heterocycles. The van der Waals surface area contributed by atoms with Gasteiger partial charge < -0.3 is 0 Å². The summed E-state index contributed by atoms with van der Waals surface area (Å²) < 4.78 is 0. The zero-order valence-electron chi connectivity index (χ0n) is 6.70. The van der Waals surface area contributed by atoms with Crippen molar-refractivity contribution in [2.24, 2.45) is 4.99 Å². The second-order valence-electron chi connectivity index (χ2n) is 2.40. The second kappa shape index (κ2) is 3.58. The zero-order chi connectivity index (χ0) is 8.27. The molecule has 58 valence electrons. The van der Waals surface area contributed by atoms with Gasteiger partial charge in [-0.2, -0.15) is 0 Å². The number of nitrogens with zero attached hydrogens (tertiary/aromatic N) is 1. The van der Waals surface area contributed by atoms with E-state index >= 15 is 0 Å². The lowest BCUT2D eigenvalue weighted by Crippen LogP contribution is -1.85. The van der Waals surface area contributed by atoms with Gasteiger partial charge in [0.2, 0.25) is 0 Å². The molecule has 11 heavy (non-hydrogen) atoms. The molecular formula is C9H11NS. The van der Waals surface area contributed by atoms with Crippen LogP contribution < -0.4 is 0 Å². The van der Waals surface area contributed by atoms with Crippen molar-refractivity contribution in [1.29, 1.82) is 0 Å². The third-order valence-electron chi connectivity index (χ3n) is 1.54. The molecule has 0 atom stereocenters. The lowest BCUT2D eigenvalue weighted by atomic mass is 10.1. The topological polar surface area (TPSA) is 12.4 Å². The van der Waals surface area contributed by atoms with Gasteiger partial charge in [-0.25, -0.2) is 0 Å². The minimum absolute atomic E-state index is 1.01.